The number of nitrogens with zero attached hydrogens (tertiary/aromatic N) is 4. The first-order chi connectivity index (χ1) is 9.32. The molecular weight excluding hydrogens is 284 g/mol. The zero-order valence-electron chi connectivity index (χ0n) is 11.1. The van der Waals surface area contributed by atoms with Crippen LogP contribution >= 0.6 is 11.6 Å². The van der Waals surface area contributed by atoms with Crippen LogP contribution in [0.2, 0.25) is 5.28 Å². The fourth-order valence-corrected chi connectivity index (χ4v) is 1.40. The van der Waals surface area contributed by atoms with E-state index in [0.29, 0.717) is 0 Å². The lowest BCUT2D eigenvalue weighted by Gasteiger charge is -2.20. The molecule has 9 heteroatoms. The number of ether oxygens (including phenoxy) is 1. The molecule has 106 valence electrons. The van der Waals surface area contributed by atoms with E-state index in [1.54, 1.807) is 0 Å². The van der Waals surface area contributed by atoms with Gasteiger partial charge in [-0.1, -0.05) is 0 Å². The van der Waals surface area contributed by atoms with Crippen LogP contribution in [0.1, 0.15) is 20.8 Å². The Morgan fingerprint density at radius 3 is 2.60 bits per heavy atom. The number of H-pyrrole nitrogens is 1. The monoisotopic (exact) mass is 296 g/mol. The van der Waals surface area contributed by atoms with Gasteiger partial charge in [-0.05, 0) is 32.4 Å². The van der Waals surface area contributed by atoms with E-state index < -0.39 is 0 Å². The maximum absolute atomic E-state index is 10.9. The van der Waals surface area contributed by atoms with Crippen molar-refractivity contribution in [1.29, 1.82) is 0 Å². The maximum Gasteiger partial charge on any atom is 0.329 e. The van der Waals surface area contributed by atoms with Crippen molar-refractivity contribution in [3.8, 4) is 11.9 Å². The molecule has 2 aromatic rings. The molecule has 0 aromatic carbocycles. The lowest BCUT2D eigenvalue weighted by molar-refractivity contribution is 0.416. The second-order valence-electron chi connectivity index (χ2n) is 4.95. The average molecular weight is 297 g/mol. The molecular formula is C11H13ClN6O2. The molecule has 2 N–H and O–H groups in total. The molecule has 0 saturated heterocycles. The summed E-state index contributed by atoms with van der Waals surface area (Å²) in [7, 11) is 0. The number of aromatic nitrogens is 5. The first-order valence-corrected chi connectivity index (χ1v) is 6.13. The van der Waals surface area contributed by atoms with Crippen LogP contribution in [0.4, 0.5) is 5.95 Å². The SMILES string of the molecule is CC(C)(C)Nc1nc(Cl)nc(Oc2ccc(=O)[nH]n2)n1. The second-order valence-corrected chi connectivity index (χ2v) is 5.29. The summed E-state index contributed by atoms with van der Waals surface area (Å²) in [6.45, 7) is 5.86. The van der Waals surface area contributed by atoms with E-state index >= 15 is 0 Å². The van der Waals surface area contributed by atoms with Crippen LogP contribution in [0.5, 0.6) is 11.9 Å². The van der Waals surface area contributed by atoms with Gasteiger partial charge in [0, 0.05) is 17.7 Å². The molecule has 2 aromatic heterocycles. The van der Waals surface area contributed by atoms with Crippen molar-refractivity contribution in [2.24, 2.45) is 0 Å². The highest BCUT2D eigenvalue weighted by Crippen LogP contribution is 2.18. The van der Waals surface area contributed by atoms with Gasteiger partial charge in [-0.3, -0.25) is 4.79 Å². The molecule has 0 aliphatic heterocycles. The first-order valence-electron chi connectivity index (χ1n) is 5.75. The molecule has 20 heavy (non-hydrogen) atoms. The van der Waals surface area contributed by atoms with Crippen LogP contribution in [0.25, 0.3) is 0 Å². The minimum absolute atomic E-state index is 0.00817. The van der Waals surface area contributed by atoms with E-state index in [-0.39, 0.29) is 34.2 Å². The quantitative estimate of drug-likeness (QED) is 0.886. The molecule has 2 rings (SSSR count). The topological polar surface area (TPSA) is 106 Å². The Labute approximate surface area is 119 Å². The normalized spacial score (nSPS) is 11.2. The molecule has 0 aliphatic carbocycles. The predicted octanol–water partition coefficient (Wildman–Crippen LogP) is 1.61. The maximum atomic E-state index is 10.9. The number of nitrogens with one attached hydrogen (secondary N) is 2. The van der Waals surface area contributed by atoms with Crippen molar-refractivity contribution < 1.29 is 4.74 Å². The molecule has 0 bridgehead atoms. The third-order valence-corrected chi connectivity index (χ3v) is 2.09. The van der Waals surface area contributed by atoms with Gasteiger partial charge < -0.3 is 10.1 Å². The molecule has 8 nitrogen and oxygen atoms in total. The van der Waals surface area contributed by atoms with Crippen LogP contribution in [-0.4, -0.2) is 30.7 Å². The molecule has 0 atom stereocenters. The summed E-state index contributed by atoms with van der Waals surface area (Å²) in [5, 5.41) is 8.97. The summed E-state index contributed by atoms with van der Waals surface area (Å²) in [5.41, 5.74) is -0.570. The Morgan fingerprint density at radius 1 is 1.25 bits per heavy atom. The predicted molar refractivity (Wildman–Crippen MR) is 73.1 cm³/mol. The number of halogens is 1. The number of anilines is 1. The Kier molecular flexibility index (Phi) is 3.84. The van der Waals surface area contributed by atoms with Gasteiger partial charge in [-0.15, -0.1) is 5.10 Å². The minimum atomic E-state index is -0.332. The third kappa shape index (κ3) is 4.16. The Morgan fingerprint density at radius 2 is 2.00 bits per heavy atom. The molecule has 0 saturated carbocycles. The molecule has 0 unspecified atom stereocenters. The second kappa shape index (κ2) is 5.41. The van der Waals surface area contributed by atoms with Gasteiger partial charge >= 0.3 is 6.01 Å². The minimum Gasteiger partial charge on any atom is -0.403 e. The molecule has 0 aliphatic rings. The van der Waals surface area contributed by atoms with E-state index in [1.807, 2.05) is 20.8 Å². The molecule has 0 radical (unpaired) electrons. The van der Waals surface area contributed by atoms with Gasteiger partial charge in [0.15, 0.2) is 0 Å². The summed E-state index contributed by atoms with van der Waals surface area (Å²) >= 11 is 5.81. The first kappa shape index (κ1) is 14.2. The Balaban J connectivity index is 2.23. The number of aromatic amines is 1. The summed E-state index contributed by atoms with van der Waals surface area (Å²) in [6.07, 6.45) is 0. The number of rotatable bonds is 3. The van der Waals surface area contributed by atoms with Gasteiger partial charge in [-0.2, -0.15) is 15.0 Å². The van der Waals surface area contributed by atoms with Gasteiger partial charge in [0.1, 0.15) is 0 Å². The zero-order chi connectivity index (χ0) is 14.8. The van der Waals surface area contributed by atoms with Crippen molar-refractivity contribution in [1.82, 2.24) is 25.1 Å². The highest BCUT2D eigenvalue weighted by atomic mass is 35.5. The van der Waals surface area contributed by atoms with Crippen LogP contribution in [0.3, 0.4) is 0 Å². The standard InChI is InChI=1S/C11H13ClN6O2/c1-11(2,3)16-9-13-8(12)14-10(15-9)20-7-5-4-6(19)17-18-7/h4-5H,1-3H3,(H,17,19)(H,13,14,15,16). The van der Waals surface area contributed by atoms with E-state index in [9.17, 15) is 4.79 Å². The van der Waals surface area contributed by atoms with Crippen molar-refractivity contribution in [2.75, 3.05) is 5.32 Å². The largest absolute Gasteiger partial charge is 0.403 e. The summed E-state index contributed by atoms with van der Waals surface area (Å²) in [4.78, 5) is 22.7. The van der Waals surface area contributed by atoms with Crippen LogP contribution in [0, 0.1) is 0 Å². The highest BCUT2D eigenvalue weighted by Gasteiger charge is 2.14. The third-order valence-electron chi connectivity index (χ3n) is 1.92. The van der Waals surface area contributed by atoms with Crippen molar-refractivity contribution in [3.63, 3.8) is 0 Å². The van der Waals surface area contributed by atoms with Crippen LogP contribution in [0.15, 0.2) is 16.9 Å². The van der Waals surface area contributed by atoms with E-state index in [1.165, 1.54) is 12.1 Å². The molecule has 0 fully saturated rings. The summed E-state index contributed by atoms with van der Waals surface area (Å²) < 4.78 is 5.30. The average Bonchev–Trinajstić information content (AvgIpc) is 2.29. The lowest BCUT2D eigenvalue weighted by atomic mass is 10.1. The Hall–Kier alpha value is -2.22. The molecule has 2 heterocycles. The zero-order valence-corrected chi connectivity index (χ0v) is 11.9. The number of hydrogen-bond donors (Lipinski definition) is 2. The fraction of sp³-hybridized carbons (Fsp3) is 0.364. The fourth-order valence-electron chi connectivity index (χ4n) is 1.25. The highest BCUT2D eigenvalue weighted by molar-refractivity contribution is 6.28. The smallest absolute Gasteiger partial charge is 0.329 e. The Bertz CT molecular complexity index is 646. The van der Waals surface area contributed by atoms with Gasteiger partial charge in [-0.25, -0.2) is 5.10 Å². The van der Waals surface area contributed by atoms with E-state index in [4.69, 9.17) is 16.3 Å². The van der Waals surface area contributed by atoms with Crippen LogP contribution < -0.4 is 15.6 Å². The van der Waals surface area contributed by atoms with Crippen molar-refractivity contribution >= 4 is 17.5 Å². The van der Waals surface area contributed by atoms with Crippen molar-refractivity contribution in [2.45, 2.75) is 26.3 Å². The summed E-state index contributed by atoms with van der Waals surface area (Å²) in [6, 6.07) is 2.66. The lowest BCUT2D eigenvalue weighted by Crippen LogP contribution is -2.27. The van der Waals surface area contributed by atoms with Crippen LogP contribution in [-0.2, 0) is 0 Å². The molecule has 0 amide bonds. The van der Waals surface area contributed by atoms with Crippen molar-refractivity contribution in [3.05, 3.63) is 27.8 Å². The van der Waals surface area contributed by atoms with Gasteiger partial charge in [0.25, 0.3) is 5.56 Å². The van der Waals surface area contributed by atoms with E-state index in [0.717, 1.165) is 0 Å². The number of hydrogen-bond acceptors (Lipinski definition) is 7. The molecule has 0 spiro atoms. The van der Waals surface area contributed by atoms with Gasteiger partial charge in [0.05, 0.1) is 0 Å². The summed E-state index contributed by atoms with van der Waals surface area (Å²) in [5.74, 6) is 0.436. The van der Waals surface area contributed by atoms with E-state index in [2.05, 4.69) is 30.5 Å². The van der Waals surface area contributed by atoms with Gasteiger partial charge in [0.2, 0.25) is 17.1 Å².